The second-order valence-electron chi connectivity index (χ2n) is 7.41. The Bertz CT molecular complexity index is 931. The number of guanidine groups is 2. The van der Waals surface area contributed by atoms with Crippen molar-refractivity contribution in [2.75, 3.05) is 4.90 Å². The molecule has 150 valence electrons. The molecule has 1 aromatic heterocycles. The first-order chi connectivity index (χ1) is 14.1. The number of benzene rings is 1. The third-order valence-electron chi connectivity index (χ3n) is 5.41. The van der Waals surface area contributed by atoms with E-state index in [0.717, 1.165) is 36.9 Å². The number of nitrogens with zero attached hydrogens (tertiary/aromatic N) is 4. The molecule has 8 heteroatoms. The van der Waals surface area contributed by atoms with Crippen molar-refractivity contribution in [1.29, 1.82) is 0 Å². The zero-order valence-electron chi connectivity index (χ0n) is 16.2. The van der Waals surface area contributed by atoms with E-state index in [9.17, 15) is 4.79 Å². The van der Waals surface area contributed by atoms with Gasteiger partial charge in [-0.25, -0.2) is 4.99 Å². The van der Waals surface area contributed by atoms with Crippen molar-refractivity contribution < 1.29 is 4.79 Å². The van der Waals surface area contributed by atoms with E-state index >= 15 is 0 Å². The third kappa shape index (κ3) is 3.91. The molecule has 1 aromatic carbocycles. The van der Waals surface area contributed by atoms with E-state index < -0.39 is 5.66 Å². The van der Waals surface area contributed by atoms with Crippen LogP contribution in [0.2, 0.25) is 0 Å². The molecule has 29 heavy (non-hydrogen) atoms. The van der Waals surface area contributed by atoms with Gasteiger partial charge in [-0.3, -0.25) is 14.7 Å². The van der Waals surface area contributed by atoms with E-state index in [2.05, 4.69) is 20.3 Å². The van der Waals surface area contributed by atoms with Crippen LogP contribution < -0.4 is 21.7 Å². The molecule has 2 heterocycles. The Labute approximate surface area is 169 Å². The van der Waals surface area contributed by atoms with E-state index in [1.807, 2.05) is 29.2 Å². The summed E-state index contributed by atoms with van der Waals surface area (Å²) < 4.78 is 0. The minimum Gasteiger partial charge on any atom is -0.369 e. The number of carbonyl (C=O) groups is 1. The summed E-state index contributed by atoms with van der Waals surface area (Å²) >= 11 is 0. The highest BCUT2D eigenvalue weighted by Crippen LogP contribution is 2.39. The fourth-order valence-electron chi connectivity index (χ4n) is 4.04. The fourth-order valence-corrected chi connectivity index (χ4v) is 4.04. The minimum absolute atomic E-state index is 0.143. The van der Waals surface area contributed by atoms with Gasteiger partial charge in [-0.1, -0.05) is 12.5 Å². The highest BCUT2D eigenvalue weighted by atomic mass is 16.1. The standard InChI is InChI=1S/C21H25N7O/c22-19-26-20(23)28(21(27-19)10-2-1-3-11-21)17-8-6-16(7-9-17)18(29)25-14-15-5-4-12-24-13-15/h4-9,12-13H,1-3,10-11,14H2,(H,25,29)(H4,22,23,26,27). The third-order valence-corrected chi connectivity index (χ3v) is 5.41. The van der Waals surface area contributed by atoms with Gasteiger partial charge in [-0.15, -0.1) is 0 Å². The van der Waals surface area contributed by atoms with Crippen molar-refractivity contribution in [3.05, 3.63) is 59.9 Å². The number of nitrogens with two attached hydrogens (primary N) is 2. The number of nitrogens with one attached hydrogen (secondary N) is 1. The van der Waals surface area contributed by atoms with Crippen LogP contribution in [0.15, 0.2) is 58.8 Å². The molecule has 0 radical (unpaired) electrons. The quantitative estimate of drug-likeness (QED) is 0.737. The molecule has 4 rings (SSSR count). The van der Waals surface area contributed by atoms with Crippen LogP contribution in [0.4, 0.5) is 5.69 Å². The summed E-state index contributed by atoms with van der Waals surface area (Å²) in [6.45, 7) is 0.428. The highest BCUT2D eigenvalue weighted by Gasteiger charge is 2.42. The maximum atomic E-state index is 12.5. The van der Waals surface area contributed by atoms with Crippen molar-refractivity contribution in [1.82, 2.24) is 10.3 Å². The Kier molecular flexibility index (Phi) is 5.16. The SMILES string of the molecule is NC1=NC2(CCCCC2)N(c2ccc(C(=O)NCc3cccnc3)cc2)C(N)=N1. The molecule has 0 bridgehead atoms. The lowest BCUT2D eigenvalue weighted by atomic mass is 9.87. The molecule has 8 nitrogen and oxygen atoms in total. The largest absolute Gasteiger partial charge is 0.369 e. The summed E-state index contributed by atoms with van der Waals surface area (Å²) in [5, 5.41) is 2.91. The summed E-state index contributed by atoms with van der Waals surface area (Å²) in [4.78, 5) is 27.3. The monoisotopic (exact) mass is 391 g/mol. The number of aliphatic imine (C=N–C) groups is 2. The van der Waals surface area contributed by atoms with Crippen LogP contribution in [0.3, 0.4) is 0 Å². The lowest BCUT2D eigenvalue weighted by Gasteiger charge is -2.45. The van der Waals surface area contributed by atoms with Crippen molar-refractivity contribution in [2.24, 2.45) is 21.5 Å². The molecule has 2 aromatic rings. The first-order valence-corrected chi connectivity index (χ1v) is 9.84. The van der Waals surface area contributed by atoms with Crippen molar-refractivity contribution in [3.63, 3.8) is 0 Å². The highest BCUT2D eigenvalue weighted by molar-refractivity contribution is 6.06. The molecular weight excluding hydrogens is 366 g/mol. The van der Waals surface area contributed by atoms with Crippen molar-refractivity contribution >= 4 is 23.5 Å². The summed E-state index contributed by atoms with van der Waals surface area (Å²) in [5.74, 6) is 0.426. The van der Waals surface area contributed by atoms with Crippen LogP contribution >= 0.6 is 0 Å². The molecule has 0 saturated heterocycles. The van der Waals surface area contributed by atoms with Gasteiger partial charge < -0.3 is 16.8 Å². The summed E-state index contributed by atoms with van der Waals surface area (Å²) in [5.41, 5.74) is 14.1. The average molecular weight is 391 g/mol. The van der Waals surface area contributed by atoms with E-state index in [1.165, 1.54) is 6.42 Å². The Morgan fingerprint density at radius 1 is 1.10 bits per heavy atom. The molecule has 5 N–H and O–H groups in total. The lowest BCUT2D eigenvalue weighted by Crippen LogP contribution is -2.58. The Hall–Kier alpha value is -3.42. The predicted molar refractivity (Wildman–Crippen MR) is 113 cm³/mol. The summed E-state index contributed by atoms with van der Waals surface area (Å²) in [6.07, 6.45) is 8.49. The minimum atomic E-state index is -0.488. The fraction of sp³-hybridized carbons (Fsp3) is 0.333. The Balaban J connectivity index is 1.52. The van der Waals surface area contributed by atoms with Gasteiger partial charge in [0.05, 0.1) is 0 Å². The number of amides is 1. The molecule has 1 aliphatic heterocycles. The number of carbonyl (C=O) groups excluding carboxylic acids is 1. The smallest absolute Gasteiger partial charge is 0.251 e. The molecule has 0 unspecified atom stereocenters. The molecule has 1 amide bonds. The first-order valence-electron chi connectivity index (χ1n) is 9.84. The second kappa shape index (κ2) is 7.90. The Morgan fingerprint density at radius 2 is 1.86 bits per heavy atom. The predicted octanol–water partition coefficient (Wildman–Crippen LogP) is 2.12. The van der Waals surface area contributed by atoms with Crippen LogP contribution in [-0.2, 0) is 6.54 Å². The molecule has 1 saturated carbocycles. The molecule has 2 aliphatic rings. The van der Waals surface area contributed by atoms with Crippen LogP contribution in [0.25, 0.3) is 0 Å². The van der Waals surface area contributed by atoms with E-state index in [0.29, 0.717) is 18.1 Å². The number of rotatable bonds is 4. The summed E-state index contributed by atoms with van der Waals surface area (Å²) in [7, 11) is 0. The zero-order chi connectivity index (χ0) is 20.3. The van der Waals surface area contributed by atoms with Gasteiger partial charge in [0, 0.05) is 30.2 Å². The molecule has 1 fully saturated rings. The van der Waals surface area contributed by atoms with Crippen LogP contribution in [0.1, 0.15) is 48.0 Å². The topological polar surface area (TPSA) is 122 Å². The van der Waals surface area contributed by atoms with Gasteiger partial charge >= 0.3 is 0 Å². The van der Waals surface area contributed by atoms with E-state index in [1.54, 1.807) is 24.5 Å². The number of pyridine rings is 1. The zero-order valence-corrected chi connectivity index (χ0v) is 16.2. The van der Waals surface area contributed by atoms with E-state index in [-0.39, 0.29) is 11.9 Å². The molecule has 1 spiro atoms. The van der Waals surface area contributed by atoms with Gasteiger partial charge in [0.2, 0.25) is 11.9 Å². The maximum Gasteiger partial charge on any atom is 0.251 e. The van der Waals surface area contributed by atoms with Gasteiger partial charge in [0.15, 0.2) is 0 Å². The number of hydrogen-bond donors (Lipinski definition) is 3. The van der Waals surface area contributed by atoms with Gasteiger partial charge in [-0.05, 0) is 61.6 Å². The number of anilines is 1. The van der Waals surface area contributed by atoms with Crippen LogP contribution in [-0.4, -0.2) is 28.5 Å². The van der Waals surface area contributed by atoms with Crippen molar-refractivity contribution in [2.45, 2.75) is 44.3 Å². The van der Waals surface area contributed by atoms with E-state index in [4.69, 9.17) is 11.5 Å². The first kappa shape index (κ1) is 18.9. The molecule has 1 aliphatic carbocycles. The van der Waals surface area contributed by atoms with Crippen LogP contribution in [0.5, 0.6) is 0 Å². The van der Waals surface area contributed by atoms with Gasteiger partial charge in [-0.2, -0.15) is 4.99 Å². The molecular formula is C21H25N7O. The average Bonchev–Trinajstić information content (AvgIpc) is 2.73. The maximum absolute atomic E-state index is 12.5. The second-order valence-corrected chi connectivity index (χ2v) is 7.41. The lowest BCUT2D eigenvalue weighted by molar-refractivity contribution is 0.0951. The normalized spacial score (nSPS) is 18.1. The Morgan fingerprint density at radius 3 is 2.55 bits per heavy atom. The number of hydrogen-bond acceptors (Lipinski definition) is 7. The molecule has 0 atom stereocenters. The summed E-state index contributed by atoms with van der Waals surface area (Å²) in [6, 6.07) is 11.1. The number of aromatic nitrogens is 1. The van der Waals surface area contributed by atoms with Crippen molar-refractivity contribution in [3.8, 4) is 0 Å². The van der Waals surface area contributed by atoms with Crippen LogP contribution in [0, 0.1) is 0 Å². The van der Waals surface area contributed by atoms with Gasteiger partial charge in [0.1, 0.15) is 5.66 Å². The van der Waals surface area contributed by atoms with Gasteiger partial charge in [0.25, 0.3) is 5.91 Å².